The molecule has 1 saturated heterocycles. The van der Waals surface area contributed by atoms with Gasteiger partial charge in [-0.05, 0) is 40.5 Å². The second-order valence-corrected chi connectivity index (χ2v) is 8.62. The Kier molecular flexibility index (Phi) is 10.3. The maximum atomic E-state index is 14.8. The van der Waals surface area contributed by atoms with Gasteiger partial charge in [-0.2, -0.15) is 0 Å². The van der Waals surface area contributed by atoms with Crippen molar-refractivity contribution in [2.75, 3.05) is 26.1 Å². The lowest BCUT2D eigenvalue weighted by atomic mass is 9.76. The van der Waals surface area contributed by atoms with Crippen LogP contribution >= 0.6 is 27.7 Å². The molecule has 1 amide bonds. The fourth-order valence-corrected chi connectivity index (χ4v) is 5.12. The first-order valence-electron chi connectivity index (χ1n) is 10.3. The average molecular weight is 529 g/mol. The quantitative estimate of drug-likeness (QED) is 0.530. The summed E-state index contributed by atoms with van der Waals surface area (Å²) in [6, 6.07) is 11.1. The molecular formula is C23H27BrF2N2O3S. The summed E-state index contributed by atoms with van der Waals surface area (Å²) in [6.07, 6.45) is 0.713. The SMILES string of the molecule is CC.CO.O=C(NC1=NC2(c3cc(Br)c(F)cc3F)COCCC2CS1)c1ccccc1. The molecule has 0 spiro atoms. The third kappa shape index (κ3) is 5.75. The molecule has 0 saturated carbocycles. The van der Waals surface area contributed by atoms with E-state index in [1.54, 1.807) is 24.3 Å². The minimum absolute atomic E-state index is 0.0236. The van der Waals surface area contributed by atoms with Crippen molar-refractivity contribution in [3.8, 4) is 0 Å². The number of carbonyl (C=O) groups excluding carboxylic acids is 1. The Hall–Kier alpha value is -1.81. The number of amidine groups is 1. The topological polar surface area (TPSA) is 70.9 Å². The Bertz CT molecular complexity index is 946. The zero-order valence-electron chi connectivity index (χ0n) is 18.2. The Morgan fingerprint density at radius 1 is 1.22 bits per heavy atom. The van der Waals surface area contributed by atoms with E-state index in [2.05, 4.69) is 21.2 Å². The van der Waals surface area contributed by atoms with Gasteiger partial charge in [-0.25, -0.2) is 13.8 Å². The smallest absolute Gasteiger partial charge is 0.257 e. The van der Waals surface area contributed by atoms with Gasteiger partial charge in [0.05, 0.1) is 11.1 Å². The van der Waals surface area contributed by atoms with Crippen LogP contribution in [-0.2, 0) is 10.3 Å². The molecule has 0 radical (unpaired) electrons. The van der Waals surface area contributed by atoms with Crippen molar-refractivity contribution in [2.24, 2.45) is 10.9 Å². The maximum absolute atomic E-state index is 14.8. The molecule has 1 fully saturated rings. The highest BCUT2D eigenvalue weighted by atomic mass is 79.9. The van der Waals surface area contributed by atoms with Crippen LogP contribution in [0.4, 0.5) is 8.78 Å². The van der Waals surface area contributed by atoms with Crippen molar-refractivity contribution >= 4 is 38.8 Å². The molecule has 32 heavy (non-hydrogen) atoms. The number of ether oxygens (including phenoxy) is 1. The van der Waals surface area contributed by atoms with E-state index in [4.69, 9.17) is 14.8 Å². The minimum atomic E-state index is -0.997. The summed E-state index contributed by atoms with van der Waals surface area (Å²) in [5.74, 6) is -0.933. The highest BCUT2D eigenvalue weighted by Crippen LogP contribution is 2.46. The summed E-state index contributed by atoms with van der Waals surface area (Å²) >= 11 is 4.57. The zero-order chi connectivity index (χ0) is 23.7. The summed E-state index contributed by atoms with van der Waals surface area (Å²) in [6.45, 7) is 4.75. The van der Waals surface area contributed by atoms with Gasteiger partial charge >= 0.3 is 0 Å². The van der Waals surface area contributed by atoms with Gasteiger partial charge in [0.25, 0.3) is 5.91 Å². The number of aliphatic imine (C=N–C) groups is 1. The number of benzene rings is 2. The van der Waals surface area contributed by atoms with Crippen LogP contribution in [-0.4, -0.2) is 42.3 Å². The molecule has 0 aromatic heterocycles. The molecule has 2 unspecified atom stereocenters. The number of amides is 1. The van der Waals surface area contributed by atoms with Crippen molar-refractivity contribution in [2.45, 2.75) is 25.8 Å². The first-order chi connectivity index (χ1) is 15.5. The molecule has 2 atom stereocenters. The monoisotopic (exact) mass is 528 g/mol. The molecule has 4 rings (SSSR count). The number of aliphatic hydroxyl groups is 1. The summed E-state index contributed by atoms with van der Waals surface area (Å²) in [5.41, 5.74) is -0.210. The lowest BCUT2D eigenvalue weighted by molar-refractivity contribution is 0.00282. The standard InChI is InChI=1S/C20H17BrF2N2O2S.C2H6.CH4O/c21-15-8-14(16(22)9-17(15)23)20-11-27-7-6-13(20)10-28-19(25-20)24-18(26)12-4-2-1-3-5-12;2*1-2/h1-5,8-9,13H,6-7,10-11H2,(H,24,25,26);1-2H3;2H,1H3. The number of rotatable bonds is 2. The van der Waals surface area contributed by atoms with Crippen LogP contribution < -0.4 is 5.32 Å². The Morgan fingerprint density at radius 2 is 1.91 bits per heavy atom. The van der Waals surface area contributed by atoms with Crippen molar-refractivity contribution in [1.82, 2.24) is 5.32 Å². The normalized spacial score (nSPS) is 21.6. The molecule has 0 bridgehead atoms. The summed E-state index contributed by atoms with van der Waals surface area (Å²) in [4.78, 5) is 17.3. The molecule has 2 aromatic rings. The highest BCUT2D eigenvalue weighted by molar-refractivity contribution is 9.10. The summed E-state index contributed by atoms with van der Waals surface area (Å²) < 4.78 is 34.4. The third-order valence-corrected chi connectivity index (χ3v) is 6.71. The van der Waals surface area contributed by atoms with Crippen LogP contribution in [0.25, 0.3) is 0 Å². The van der Waals surface area contributed by atoms with E-state index in [1.807, 2.05) is 19.9 Å². The third-order valence-electron chi connectivity index (χ3n) is 5.06. The average Bonchev–Trinajstić information content (AvgIpc) is 2.84. The van der Waals surface area contributed by atoms with Crippen molar-refractivity contribution < 1.29 is 23.4 Å². The molecule has 2 heterocycles. The van der Waals surface area contributed by atoms with Crippen LogP contribution in [0.15, 0.2) is 51.9 Å². The van der Waals surface area contributed by atoms with Gasteiger partial charge in [0.2, 0.25) is 0 Å². The predicted molar refractivity (Wildman–Crippen MR) is 128 cm³/mol. The van der Waals surface area contributed by atoms with Crippen LogP contribution in [0.2, 0.25) is 0 Å². The van der Waals surface area contributed by atoms with Gasteiger partial charge in [-0.15, -0.1) is 0 Å². The van der Waals surface area contributed by atoms with Gasteiger partial charge in [0, 0.05) is 42.6 Å². The van der Waals surface area contributed by atoms with E-state index in [1.165, 1.54) is 17.8 Å². The highest BCUT2D eigenvalue weighted by Gasteiger charge is 2.48. The number of hydrogen-bond acceptors (Lipinski definition) is 5. The number of thioether (sulfide) groups is 1. The number of nitrogens with zero attached hydrogens (tertiary/aromatic N) is 1. The van der Waals surface area contributed by atoms with Gasteiger partial charge in [-0.1, -0.05) is 43.8 Å². The largest absolute Gasteiger partial charge is 0.400 e. The predicted octanol–water partition coefficient (Wildman–Crippen LogP) is 5.13. The molecule has 9 heteroatoms. The number of fused-ring (bicyclic) bond motifs is 1. The first kappa shape index (κ1) is 26.4. The van der Waals surface area contributed by atoms with E-state index >= 15 is 0 Å². The van der Waals surface area contributed by atoms with Crippen LogP contribution in [0.5, 0.6) is 0 Å². The second-order valence-electron chi connectivity index (χ2n) is 6.76. The number of halogens is 3. The van der Waals surface area contributed by atoms with E-state index in [0.29, 0.717) is 29.5 Å². The lowest BCUT2D eigenvalue weighted by Gasteiger charge is -2.44. The molecule has 2 aliphatic heterocycles. The van der Waals surface area contributed by atoms with E-state index < -0.39 is 17.2 Å². The fraction of sp³-hybridized carbons (Fsp3) is 0.391. The summed E-state index contributed by atoms with van der Waals surface area (Å²) in [7, 11) is 1.00. The van der Waals surface area contributed by atoms with E-state index in [-0.39, 0.29) is 28.5 Å². The fourth-order valence-electron chi connectivity index (χ4n) is 3.58. The number of aliphatic hydroxyl groups excluding tert-OH is 1. The van der Waals surface area contributed by atoms with E-state index in [0.717, 1.165) is 13.2 Å². The van der Waals surface area contributed by atoms with Crippen molar-refractivity contribution in [1.29, 1.82) is 0 Å². The Morgan fingerprint density at radius 3 is 2.59 bits per heavy atom. The van der Waals surface area contributed by atoms with Crippen LogP contribution in [0.1, 0.15) is 36.2 Å². The summed E-state index contributed by atoms with van der Waals surface area (Å²) in [5, 5.41) is 10.2. The molecule has 174 valence electrons. The van der Waals surface area contributed by atoms with E-state index in [9.17, 15) is 13.6 Å². The number of hydrogen-bond donors (Lipinski definition) is 2. The second kappa shape index (κ2) is 12.4. The van der Waals surface area contributed by atoms with Crippen LogP contribution in [0.3, 0.4) is 0 Å². The minimum Gasteiger partial charge on any atom is -0.400 e. The van der Waals surface area contributed by atoms with Crippen LogP contribution in [0, 0.1) is 17.6 Å². The molecule has 2 N–H and O–H groups in total. The maximum Gasteiger partial charge on any atom is 0.257 e. The van der Waals surface area contributed by atoms with Gasteiger partial charge in [-0.3, -0.25) is 4.79 Å². The molecular weight excluding hydrogens is 502 g/mol. The van der Waals surface area contributed by atoms with Gasteiger partial charge in [0.15, 0.2) is 5.17 Å². The Labute approximate surface area is 199 Å². The molecule has 0 aliphatic carbocycles. The molecule has 5 nitrogen and oxygen atoms in total. The Balaban J connectivity index is 0.000000860. The molecule has 2 aromatic carbocycles. The van der Waals surface area contributed by atoms with Gasteiger partial charge < -0.3 is 15.2 Å². The number of nitrogens with one attached hydrogen (secondary N) is 1. The van der Waals surface area contributed by atoms with Gasteiger partial charge in [0.1, 0.15) is 17.2 Å². The van der Waals surface area contributed by atoms with Crippen molar-refractivity contribution in [3.05, 3.63) is 69.7 Å². The first-order valence-corrected chi connectivity index (χ1v) is 12.0. The number of carbonyl (C=O) groups is 1. The lowest BCUT2D eigenvalue weighted by Crippen LogP contribution is -2.49. The molecule has 2 aliphatic rings. The van der Waals surface area contributed by atoms with Crippen molar-refractivity contribution in [3.63, 3.8) is 0 Å². The zero-order valence-corrected chi connectivity index (χ0v) is 20.6.